The molecule has 0 bridgehead atoms. The minimum Gasteiger partial charge on any atom is -0.487 e. The Hall–Kier alpha value is -3.50. The molecule has 1 saturated carbocycles. The fourth-order valence-corrected chi connectivity index (χ4v) is 4.75. The number of pyridine rings is 1. The number of anilines is 2. The number of hydrogen-bond donors (Lipinski definition) is 2. The van der Waals surface area contributed by atoms with E-state index in [1.807, 2.05) is 44.3 Å². The van der Waals surface area contributed by atoms with Gasteiger partial charge in [-0.1, -0.05) is 0 Å². The van der Waals surface area contributed by atoms with Crippen LogP contribution < -0.4 is 11.1 Å². The molecule has 0 amide bonds. The van der Waals surface area contributed by atoms with Gasteiger partial charge in [-0.25, -0.2) is 14.5 Å². The predicted molar refractivity (Wildman–Crippen MR) is 133 cm³/mol. The molecular weight excluding hydrogens is 446 g/mol. The van der Waals surface area contributed by atoms with E-state index in [9.17, 15) is 0 Å². The number of nitrogens with two attached hydrogens (primary N) is 1. The van der Waals surface area contributed by atoms with E-state index in [0.717, 1.165) is 42.5 Å². The largest absolute Gasteiger partial charge is 0.487 e. The normalized spacial score (nSPS) is 20.1. The van der Waals surface area contributed by atoms with Gasteiger partial charge in [0.2, 0.25) is 0 Å². The number of nitrogens with zero attached hydrogens (tertiary/aromatic N) is 5. The average molecular weight is 478 g/mol. The van der Waals surface area contributed by atoms with Gasteiger partial charge in [-0.05, 0) is 38.8 Å². The van der Waals surface area contributed by atoms with Crippen molar-refractivity contribution in [1.29, 1.82) is 0 Å². The lowest BCUT2D eigenvalue weighted by molar-refractivity contribution is -0.165. The molecule has 10 heteroatoms. The van der Waals surface area contributed by atoms with Crippen molar-refractivity contribution in [3.63, 3.8) is 0 Å². The zero-order valence-electron chi connectivity index (χ0n) is 20.3. The highest BCUT2D eigenvalue weighted by Crippen LogP contribution is 2.39. The molecule has 1 atom stereocenters. The minimum atomic E-state index is -0.412. The van der Waals surface area contributed by atoms with Crippen LogP contribution in [-0.2, 0) is 14.2 Å². The predicted octanol–water partition coefficient (Wildman–Crippen LogP) is 3.41. The Morgan fingerprint density at radius 2 is 2.09 bits per heavy atom. The maximum atomic E-state index is 6.17. The van der Waals surface area contributed by atoms with Gasteiger partial charge in [-0.2, -0.15) is 5.10 Å². The molecule has 0 aromatic carbocycles. The lowest BCUT2D eigenvalue weighted by atomic mass is 10.1. The molecule has 35 heavy (non-hydrogen) atoms. The molecule has 1 saturated heterocycles. The first kappa shape index (κ1) is 23.3. The summed E-state index contributed by atoms with van der Waals surface area (Å²) in [5, 5.41) is 7.83. The van der Waals surface area contributed by atoms with E-state index in [1.165, 1.54) is 6.20 Å². The lowest BCUT2D eigenvalue weighted by Crippen LogP contribution is -2.28. The van der Waals surface area contributed by atoms with Crippen LogP contribution in [0.1, 0.15) is 42.8 Å². The highest BCUT2D eigenvalue weighted by molar-refractivity contribution is 6.11. The van der Waals surface area contributed by atoms with Gasteiger partial charge in [0.15, 0.2) is 17.4 Å². The third kappa shape index (κ3) is 4.98. The van der Waals surface area contributed by atoms with Gasteiger partial charge < -0.3 is 25.3 Å². The second-order valence-corrected chi connectivity index (χ2v) is 8.96. The monoisotopic (exact) mass is 477 g/mol. The molecule has 1 spiro atoms. The minimum absolute atomic E-state index is 0.124. The van der Waals surface area contributed by atoms with Crippen LogP contribution in [0.5, 0.6) is 0 Å². The molecule has 3 aromatic heterocycles. The van der Waals surface area contributed by atoms with Crippen LogP contribution in [0.15, 0.2) is 47.4 Å². The summed E-state index contributed by atoms with van der Waals surface area (Å²) >= 11 is 0. The third-order valence-corrected chi connectivity index (χ3v) is 6.27. The van der Waals surface area contributed by atoms with E-state index in [-0.39, 0.29) is 6.10 Å². The third-order valence-electron chi connectivity index (χ3n) is 6.27. The molecule has 3 aromatic rings. The highest BCUT2D eigenvalue weighted by Gasteiger charge is 2.43. The van der Waals surface area contributed by atoms with Gasteiger partial charge >= 0.3 is 0 Å². The number of ether oxygens (including phenoxy) is 3. The van der Waals surface area contributed by atoms with Crippen LogP contribution in [0.2, 0.25) is 0 Å². The molecule has 1 aliphatic heterocycles. The van der Waals surface area contributed by atoms with Crippen molar-refractivity contribution in [3.05, 3.63) is 59.5 Å². The quantitative estimate of drug-likeness (QED) is 0.392. The molecule has 10 nitrogen and oxygen atoms in total. The van der Waals surface area contributed by atoms with E-state index < -0.39 is 5.79 Å². The molecule has 2 aliphatic rings. The van der Waals surface area contributed by atoms with Gasteiger partial charge in [0, 0.05) is 55.7 Å². The number of aromatic nitrogens is 4. The first-order valence-electron chi connectivity index (χ1n) is 11.9. The van der Waals surface area contributed by atoms with Crippen LogP contribution in [0.3, 0.4) is 0 Å². The SMILES string of the molecule is CN=C(/C(=C/N)OC[C@H]1COC2(CCCC2)O1)c1ccn2nc(Nc3cc(C)nc(C)n3)cc2c1. The van der Waals surface area contributed by atoms with Crippen LogP contribution in [0.4, 0.5) is 11.6 Å². The molecular formula is C25H31N7O3. The summed E-state index contributed by atoms with van der Waals surface area (Å²) in [5.74, 6) is 2.17. The molecule has 0 unspecified atom stereocenters. The zero-order chi connectivity index (χ0) is 24.4. The Bertz CT molecular complexity index is 1260. The Labute approximate surface area is 204 Å². The van der Waals surface area contributed by atoms with Gasteiger partial charge in [0.1, 0.15) is 30.1 Å². The summed E-state index contributed by atoms with van der Waals surface area (Å²) in [6.45, 7) is 4.68. The van der Waals surface area contributed by atoms with E-state index >= 15 is 0 Å². The summed E-state index contributed by atoms with van der Waals surface area (Å²) in [5.41, 5.74) is 9.24. The van der Waals surface area contributed by atoms with E-state index in [0.29, 0.717) is 42.1 Å². The number of aryl methyl sites for hydroxylation is 2. The topological polar surface area (TPSA) is 121 Å². The molecule has 184 valence electrons. The van der Waals surface area contributed by atoms with Crippen molar-refractivity contribution in [2.24, 2.45) is 10.7 Å². The average Bonchev–Trinajstić information content (AvgIpc) is 3.56. The smallest absolute Gasteiger partial charge is 0.169 e. The fourth-order valence-electron chi connectivity index (χ4n) is 4.75. The summed E-state index contributed by atoms with van der Waals surface area (Å²) in [6.07, 6.45) is 7.37. The zero-order valence-corrected chi connectivity index (χ0v) is 20.3. The number of fused-ring (bicyclic) bond motifs is 1. The van der Waals surface area contributed by atoms with Crippen molar-refractivity contribution in [3.8, 4) is 0 Å². The second kappa shape index (κ2) is 9.63. The Morgan fingerprint density at radius 1 is 1.26 bits per heavy atom. The molecule has 4 heterocycles. The molecule has 3 N–H and O–H groups in total. The lowest BCUT2D eigenvalue weighted by Gasteiger charge is -2.22. The molecule has 0 radical (unpaired) electrons. The van der Waals surface area contributed by atoms with Crippen molar-refractivity contribution >= 4 is 22.9 Å². The molecule has 5 rings (SSSR count). The number of hydrogen-bond acceptors (Lipinski definition) is 9. The number of allylic oxidation sites excluding steroid dienone is 1. The van der Waals surface area contributed by atoms with E-state index in [4.69, 9.17) is 19.9 Å². The summed E-state index contributed by atoms with van der Waals surface area (Å²) in [4.78, 5) is 13.2. The van der Waals surface area contributed by atoms with Crippen LogP contribution in [0.25, 0.3) is 5.52 Å². The van der Waals surface area contributed by atoms with Crippen molar-refractivity contribution in [2.45, 2.75) is 51.4 Å². The Morgan fingerprint density at radius 3 is 2.83 bits per heavy atom. The Balaban J connectivity index is 1.29. The van der Waals surface area contributed by atoms with Gasteiger partial charge in [-0.15, -0.1) is 0 Å². The van der Waals surface area contributed by atoms with Crippen LogP contribution >= 0.6 is 0 Å². The second-order valence-electron chi connectivity index (χ2n) is 8.96. The molecule has 1 aliphatic carbocycles. The van der Waals surface area contributed by atoms with Gasteiger partial charge in [0.05, 0.1) is 12.1 Å². The van der Waals surface area contributed by atoms with E-state index in [2.05, 4.69) is 25.4 Å². The number of rotatable bonds is 7. The highest BCUT2D eigenvalue weighted by atomic mass is 16.8. The van der Waals surface area contributed by atoms with Gasteiger partial charge in [0.25, 0.3) is 0 Å². The van der Waals surface area contributed by atoms with Crippen LogP contribution in [-0.4, -0.2) is 57.4 Å². The number of nitrogens with one attached hydrogen (secondary N) is 1. The first-order valence-corrected chi connectivity index (χ1v) is 11.9. The number of aliphatic imine (C=N–C) groups is 1. The summed E-state index contributed by atoms with van der Waals surface area (Å²) in [7, 11) is 1.72. The van der Waals surface area contributed by atoms with Crippen molar-refractivity contribution in [2.75, 3.05) is 25.6 Å². The summed E-state index contributed by atoms with van der Waals surface area (Å²) < 4.78 is 20.0. The standard InChI is InChI=1S/C25H31N7O3/c1-16-10-22(29-17(2)28-16)30-23-12-19-11-18(6-9-32(19)31-23)24(27-3)21(13-26)33-14-20-15-34-25(35-20)7-4-5-8-25/h6,9-13,20H,4-5,7-8,14-15,26H2,1-3H3,(H,28,29,30,31)/b21-13-,27-24?/t20-/m0/s1. The van der Waals surface area contributed by atoms with Gasteiger partial charge in [-0.3, -0.25) is 4.99 Å². The van der Waals surface area contributed by atoms with Crippen molar-refractivity contribution < 1.29 is 14.2 Å². The molecule has 2 fully saturated rings. The van der Waals surface area contributed by atoms with E-state index in [1.54, 1.807) is 11.6 Å². The maximum absolute atomic E-state index is 6.17. The fraction of sp³-hybridized carbons (Fsp3) is 0.440. The van der Waals surface area contributed by atoms with Crippen LogP contribution in [0, 0.1) is 13.8 Å². The maximum Gasteiger partial charge on any atom is 0.169 e. The summed E-state index contributed by atoms with van der Waals surface area (Å²) in [6, 6.07) is 7.75. The Kier molecular flexibility index (Phi) is 6.40. The first-order chi connectivity index (χ1) is 17.0. The van der Waals surface area contributed by atoms with Crippen molar-refractivity contribution in [1.82, 2.24) is 19.6 Å².